The van der Waals surface area contributed by atoms with Crippen LogP contribution in [-0.4, -0.2) is 16.4 Å². The van der Waals surface area contributed by atoms with Crippen LogP contribution in [0.5, 0.6) is 0 Å². The zero-order valence-corrected chi connectivity index (χ0v) is 13.5. The molecule has 3 heterocycles. The summed E-state index contributed by atoms with van der Waals surface area (Å²) < 4.78 is 2.29. The van der Waals surface area contributed by atoms with Crippen molar-refractivity contribution >= 4 is 23.8 Å². The third-order valence-corrected chi connectivity index (χ3v) is 5.27. The van der Waals surface area contributed by atoms with Gasteiger partial charge >= 0.3 is 6.98 Å². The van der Waals surface area contributed by atoms with Gasteiger partial charge < -0.3 is 9.29 Å². The van der Waals surface area contributed by atoms with Crippen LogP contribution in [0.25, 0.3) is 22.5 Å². The zero-order valence-electron chi connectivity index (χ0n) is 13.5. The fourth-order valence-corrected chi connectivity index (χ4v) is 4.28. The molecule has 0 N–H and O–H groups in total. The Morgan fingerprint density at radius 1 is 0.680 bits per heavy atom. The van der Waals surface area contributed by atoms with E-state index in [2.05, 4.69) is 93.3 Å². The maximum Gasteiger partial charge on any atom is 0.422 e. The van der Waals surface area contributed by atoms with Crippen molar-refractivity contribution in [1.82, 2.24) is 9.46 Å². The summed E-state index contributed by atoms with van der Waals surface area (Å²) in [5.74, 6) is 1.03. The Hall–Kier alpha value is -3.27. The molecular formula is C21H14BN3. The summed E-state index contributed by atoms with van der Waals surface area (Å²) in [6.07, 6.45) is 3.99. The number of aromatic nitrogens is 2. The summed E-state index contributed by atoms with van der Waals surface area (Å²) in [5, 5.41) is 0. The summed E-state index contributed by atoms with van der Waals surface area (Å²) in [6.45, 7) is 0.0958. The second-order valence-corrected chi connectivity index (χ2v) is 6.52. The van der Waals surface area contributed by atoms with Gasteiger partial charge in [-0.15, -0.1) is 0 Å². The molecule has 0 saturated heterocycles. The third-order valence-electron chi connectivity index (χ3n) is 5.27. The normalized spacial score (nSPS) is 13.4. The average Bonchev–Trinajstić information content (AvgIpc) is 3.17. The van der Waals surface area contributed by atoms with Gasteiger partial charge in [-0.1, -0.05) is 54.6 Å². The molecule has 0 spiro atoms. The van der Waals surface area contributed by atoms with Crippen molar-refractivity contribution in [1.29, 1.82) is 0 Å². The summed E-state index contributed by atoms with van der Waals surface area (Å²) in [6, 6.07) is 25.9. The number of para-hydroxylation sites is 2. The SMILES string of the molecule is c1ccc2c(c1)B1N(c3ccccc3-2)c2ccccc2-c2nccn21. The number of anilines is 2. The molecule has 116 valence electrons. The lowest BCUT2D eigenvalue weighted by Crippen LogP contribution is -2.56. The molecule has 0 bridgehead atoms. The Balaban J connectivity index is 1.77. The molecule has 0 amide bonds. The molecule has 0 fully saturated rings. The number of imidazole rings is 1. The lowest BCUT2D eigenvalue weighted by Gasteiger charge is -2.42. The van der Waals surface area contributed by atoms with Gasteiger partial charge in [0.15, 0.2) is 0 Å². The van der Waals surface area contributed by atoms with E-state index in [4.69, 9.17) is 0 Å². The molecule has 3 nitrogen and oxygen atoms in total. The van der Waals surface area contributed by atoms with Gasteiger partial charge in [0.1, 0.15) is 5.82 Å². The van der Waals surface area contributed by atoms with Crippen LogP contribution in [0.4, 0.5) is 11.4 Å². The van der Waals surface area contributed by atoms with Crippen LogP contribution in [-0.2, 0) is 0 Å². The molecule has 0 radical (unpaired) electrons. The van der Waals surface area contributed by atoms with Crippen LogP contribution in [0.15, 0.2) is 85.2 Å². The number of benzene rings is 3. The van der Waals surface area contributed by atoms with Crippen molar-refractivity contribution in [2.24, 2.45) is 0 Å². The fraction of sp³-hybridized carbons (Fsp3) is 0. The van der Waals surface area contributed by atoms with Crippen LogP contribution in [0.1, 0.15) is 0 Å². The first-order valence-electron chi connectivity index (χ1n) is 8.53. The second-order valence-electron chi connectivity index (χ2n) is 6.52. The Labute approximate surface area is 146 Å². The number of rotatable bonds is 0. The molecule has 2 aliphatic rings. The maximum absolute atomic E-state index is 4.65. The largest absolute Gasteiger partial charge is 0.422 e. The van der Waals surface area contributed by atoms with E-state index in [9.17, 15) is 0 Å². The number of fused-ring (bicyclic) bond motifs is 11. The Morgan fingerprint density at radius 2 is 1.32 bits per heavy atom. The maximum atomic E-state index is 4.65. The standard InChI is InChI=1S/C21H14BN3/c1-4-10-18-15(7-1)16-8-2-5-11-19(16)25-20-12-6-3-9-17(20)21-23-13-14-24(21)22(18)25/h1-14H. The summed E-state index contributed by atoms with van der Waals surface area (Å²) in [7, 11) is 0. The van der Waals surface area contributed by atoms with E-state index in [1.54, 1.807) is 0 Å². The van der Waals surface area contributed by atoms with Gasteiger partial charge in [-0.25, -0.2) is 4.98 Å². The predicted molar refractivity (Wildman–Crippen MR) is 102 cm³/mol. The average molecular weight is 319 g/mol. The second kappa shape index (κ2) is 4.64. The summed E-state index contributed by atoms with van der Waals surface area (Å²) >= 11 is 0. The molecule has 0 atom stereocenters. The predicted octanol–water partition coefficient (Wildman–Crippen LogP) is 3.93. The minimum atomic E-state index is 0.0958. The van der Waals surface area contributed by atoms with E-state index in [1.165, 1.54) is 33.5 Å². The van der Waals surface area contributed by atoms with Gasteiger partial charge in [0, 0.05) is 34.9 Å². The van der Waals surface area contributed by atoms with Gasteiger partial charge in [-0.05, 0) is 29.2 Å². The van der Waals surface area contributed by atoms with Crippen molar-refractivity contribution in [3.8, 4) is 22.5 Å². The van der Waals surface area contributed by atoms with Gasteiger partial charge in [0.25, 0.3) is 0 Å². The minimum Gasteiger partial charge on any atom is -0.360 e. The zero-order chi connectivity index (χ0) is 16.4. The van der Waals surface area contributed by atoms with Crippen molar-refractivity contribution < 1.29 is 0 Å². The topological polar surface area (TPSA) is 21.1 Å². The van der Waals surface area contributed by atoms with Crippen LogP contribution in [0.2, 0.25) is 0 Å². The number of hydrogen-bond donors (Lipinski definition) is 0. The van der Waals surface area contributed by atoms with Crippen molar-refractivity contribution in [3.05, 3.63) is 85.2 Å². The van der Waals surface area contributed by atoms with Crippen LogP contribution in [0, 0.1) is 0 Å². The van der Waals surface area contributed by atoms with E-state index in [0.29, 0.717) is 0 Å². The Kier molecular flexibility index (Phi) is 2.42. The molecule has 0 saturated carbocycles. The smallest absolute Gasteiger partial charge is 0.360 e. The van der Waals surface area contributed by atoms with Crippen LogP contribution < -0.4 is 10.3 Å². The Bertz CT molecular complexity index is 1130. The molecule has 4 heteroatoms. The highest BCUT2D eigenvalue weighted by Crippen LogP contribution is 2.45. The third kappa shape index (κ3) is 1.59. The van der Waals surface area contributed by atoms with Gasteiger partial charge in [-0.2, -0.15) is 0 Å². The first-order valence-corrected chi connectivity index (χ1v) is 8.53. The minimum absolute atomic E-state index is 0.0958. The van der Waals surface area contributed by atoms with Gasteiger partial charge in [-0.3, -0.25) is 0 Å². The first kappa shape index (κ1) is 13.1. The highest BCUT2D eigenvalue weighted by molar-refractivity contribution is 6.80. The van der Waals surface area contributed by atoms with Crippen LogP contribution >= 0.6 is 0 Å². The van der Waals surface area contributed by atoms with E-state index in [1.807, 2.05) is 6.20 Å². The van der Waals surface area contributed by atoms with E-state index in [-0.39, 0.29) is 6.98 Å². The van der Waals surface area contributed by atoms with Crippen molar-refractivity contribution in [3.63, 3.8) is 0 Å². The lowest BCUT2D eigenvalue weighted by atomic mass is 9.58. The van der Waals surface area contributed by atoms with Gasteiger partial charge in [0.2, 0.25) is 0 Å². The highest BCUT2D eigenvalue weighted by atomic mass is 15.2. The van der Waals surface area contributed by atoms with E-state index in [0.717, 1.165) is 5.82 Å². The van der Waals surface area contributed by atoms with Crippen LogP contribution in [0.3, 0.4) is 0 Å². The fourth-order valence-electron chi connectivity index (χ4n) is 4.28. The highest BCUT2D eigenvalue weighted by Gasteiger charge is 2.42. The van der Waals surface area contributed by atoms with Gasteiger partial charge in [0.05, 0.1) is 0 Å². The molecule has 25 heavy (non-hydrogen) atoms. The Morgan fingerprint density at radius 3 is 2.16 bits per heavy atom. The molecule has 3 aromatic carbocycles. The monoisotopic (exact) mass is 319 g/mol. The summed E-state index contributed by atoms with van der Waals surface area (Å²) in [5.41, 5.74) is 7.55. The molecular weight excluding hydrogens is 305 g/mol. The first-order chi connectivity index (χ1) is 12.4. The number of nitrogens with zero attached hydrogens (tertiary/aromatic N) is 3. The van der Waals surface area contributed by atoms with Crippen molar-refractivity contribution in [2.45, 2.75) is 0 Å². The summed E-state index contributed by atoms with van der Waals surface area (Å²) in [4.78, 5) is 7.10. The molecule has 1 aromatic heterocycles. The lowest BCUT2D eigenvalue weighted by molar-refractivity contribution is 1.11. The van der Waals surface area contributed by atoms with E-state index < -0.39 is 0 Å². The molecule has 0 aliphatic carbocycles. The van der Waals surface area contributed by atoms with E-state index >= 15 is 0 Å². The molecule has 6 rings (SSSR count). The number of hydrogen-bond acceptors (Lipinski definition) is 2. The molecule has 4 aromatic rings. The quantitative estimate of drug-likeness (QED) is 0.458. The molecule has 2 aliphatic heterocycles. The van der Waals surface area contributed by atoms with Crippen molar-refractivity contribution in [2.75, 3.05) is 4.81 Å². The molecule has 0 unspecified atom stereocenters.